The van der Waals surface area contributed by atoms with E-state index in [1.165, 1.54) is 25.1 Å². The maximum atomic E-state index is 4.32. The molecule has 4 nitrogen and oxygen atoms in total. The lowest BCUT2D eigenvalue weighted by atomic mass is 10.1. The van der Waals surface area contributed by atoms with E-state index in [1.807, 2.05) is 12.3 Å². The largest absolute Gasteiger partial charge is 0.381 e. The van der Waals surface area contributed by atoms with E-state index in [0.717, 1.165) is 25.3 Å². The number of hydrogen-bond donors (Lipinski definition) is 2. The number of pyridine rings is 1. The molecule has 1 unspecified atom stereocenters. The first kappa shape index (κ1) is 13.1. The third kappa shape index (κ3) is 3.88. The van der Waals surface area contributed by atoms with E-state index in [0.29, 0.717) is 6.04 Å². The first-order valence-corrected chi connectivity index (χ1v) is 6.93. The van der Waals surface area contributed by atoms with E-state index in [4.69, 9.17) is 0 Å². The van der Waals surface area contributed by atoms with E-state index in [2.05, 4.69) is 40.6 Å². The summed E-state index contributed by atoms with van der Waals surface area (Å²) in [5.74, 6) is 0.964. The number of piperidine rings is 1. The van der Waals surface area contributed by atoms with Crippen LogP contribution in [-0.2, 0) is 0 Å². The molecule has 100 valence electrons. The standard InChI is InChI=1S/C14H24N4/c1-3-7-15-14-10-12(6-8-16-14)17-13-5-4-9-18(2)11-13/h6,8,10,13H,3-5,7,9,11H2,1-2H3,(H2,15,16,17). The van der Waals surface area contributed by atoms with Crippen molar-refractivity contribution in [3.8, 4) is 0 Å². The molecule has 1 atom stereocenters. The van der Waals surface area contributed by atoms with Gasteiger partial charge in [-0.15, -0.1) is 0 Å². The van der Waals surface area contributed by atoms with Crippen LogP contribution in [0.5, 0.6) is 0 Å². The molecule has 1 aromatic rings. The number of nitrogens with zero attached hydrogens (tertiary/aromatic N) is 2. The molecule has 0 spiro atoms. The lowest BCUT2D eigenvalue weighted by Crippen LogP contribution is -2.39. The Morgan fingerprint density at radius 3 is 3.17 bits per heavy atom. The highest BCUT2D eigenvalue weighted by atomic mass is 15.1. The third-order valence-corrected chi connectivity index (χ3v) is 3.31. The van der Waals surface area contributed by atoms with E-state index in [9.17, 15) is 0 Å². The van der Waals surface area contributed by atoms with Crippen LogP contribution in [0.2, 0.25) is 0 Å². The monoisotopic (exact) mass is 248 g/mol. The van der Waals surface area contributed by atoms with Gasteiger partial charge in [-0.3, -0.25) is 0 Å². The maximum Gasteiger partial charge on any atom is 0.127 e. The van der Waals surface area contributed by atoms with Crippen molar-refractivity contribution < 1.29 is 0 Å². The summed E-state index contributed by atoms with van der Waals surface area (Å²) in [6.07, 6.45) is 5.52. The zero-order valence-electron chi connectivity index (χ0n) is 11.4. The van der Waals surface area contributed by atoms with Crippen molar-refractivity contribution in [2.45, 2.75) is 32.2 Å². The minimum atomic E-state index is 0.560. The fourth-order valence-corrected chi connectivity index (χ4v) is 2.39. The maximum absolute atomic E-state index is 4.32. The Morgan fingerprint density at radius 1 is 1.50 bits per heavy atom. The second kappa shape index (κ2) is 6.59. The van der Waals surface area contributed by atoms with Crippen LogP contribution in [0.3, 0.4) is 0 Å². The highest BCUT2D eigenvalue weighted by molar-refractivity contribution is 5.52. The van der Waals surface area contributed by atoms with Gasteiger partial charge in [0.2, 0.25) is 0 Å². The van der Waals surface area contributed by atoms with Gasteiger partial charge in [-0.1, -0.05) is 6.92 Å². The van der Waals surface area contributed by atoms with Gasteiger partial charge >= 0.3 is 0 Å². The van der Waals surface area contributed by atoms with Gasteiger partial charge in [0, 0.05) is 37.1 Å². The van der Waals surface area contributed by atoms with Gasteiger partial charge in [0.15, 0.2) is 0 Å². The van der Waals surface area contributed by atoms with Crippen LogP contribution in [0.4, 0.5) is 11.5 Å². The Kier molecular flexibility index (Phi) is 4.81. The molecule has 18 heavy (non-hydrogen) atoms. The number of nitrogens with one attached hydrogen (secondary N) is 2. The average Bonchev–Trinajstić information content (AvgIpc) is 2.37. The molecular weight excluding hydrogens is 224 g/mol. The SMILES string of the molecule is CCCNc1cc(NC2CCCN(C)C2)ccn1. The molecular formula is C14H24N4. The van der Waals surface area contributed by atoms with E-state index >= 15 is 0 Å². The second-order valence-corrected chi connectivity index (χ2v) is 5.10. The summed E-state index contributed by atoms with van der Waals surface area (Å²) >= 11 is 0. The summed E-state index contributed by atoms with van der Waals surface area (Å²) in [6.45, 7) is 5.48. The zero-order valence-corrected chi connectivity index (χ0v) is 11.4. The normalized spacial score (nSPS) is 20.7. The molecule has 0 radical (unpaired) electrons. The molecule has 1 saturated heterocycles. The summed E-state index contributed by atoms with van der Waals surface area (Å²) in [4.78, 5) is 6.71. The van der Waals surface area contributed by atoms with Gasteiger partial charge < -0.3 is 15.5 Å². The second-order valence-electron chi connectivity index (χ2n) is 5.10. The highest BCUT2D eigenvalue weighted by Gasteiger charge is 2.16. The van der Waals surface area contributed by atoms with Gasteiger partial charge in [0.1, 0.15) is 5.82 Å². The highest BCUT2D eigenvalue weighted by Crippen LogP contribution is 2.17. The summed E-state index contributed by atoms with van der Waals surface area (Å²) in [6, 6.07) is 4.71. The summed E-state index contributed by atoms with van der Waals surface area (Å²) < 4.78 is 0. The van der Waals surface area contributed by atoms with Gasteiger partial charge in [-0.05, 0) is 38.9 Å². The summed E-state index contributed by atoms with van der Waals surface area (Å²) in [5.41, 5.74) is 1.17. The van der Waals surface area contributed by atoms with Crippen molar-refractivity contribution >= 4 is 11.5 Å². The van der Waals surface area contributed by atoms with Crippen LogP contribution in [0.1, 0.15) is 26.2 Å². The minimum Gasteiger partial charge on any atom is -0.381 e. The third-order valence-electron chi connectivity index (χ3n) is 3.31. The molecule has 0 amide bonds. The fourth-order valence-electron chi connectivity index (χ4n) is 2.39. The van der Waals surface area contributed by atoms with Crippen molar-refractivity contribution in [1.82, 2.24) is 9.88 Å². The van der Waals surface area contributed by atoms with Gasteiger partial charge in [0.05, 0.1) is 0 Å². The molecule has 2 heterocycles. The number of rotatable bonds is 5. The smallest absolute Gasteiger partial charge is 0.127 e. The Balaban J connectivity index is 1.91. The van der Waals surface area contributed by atoms with Crippen LogP contribution < -0.4 is 10.6 Å². The van der Waals surface area contributed by atoms with E-state index in [-0.39, 0.29) is 0 Å². The topological polar surface area (TPSA) is 40.2 Å². The minimum absolute atomic E-state index is 0.560. The molecule has 1 aliphatic heterocycles. The molecule has 2 rings (SSSR count). The van der Waals surface area contributed by atoms with E-state index in [1.54, 1.807) is 0 Å². The van der Waals surface area contributed by atoms with E-state index < -0.39 is 0 Å². The van der Waals surface area contributed by atoms with Crippen molar-refractivity contribution in [2.24, 2.45) is 0 Å². The number of aromatic nitrogens is 1. The molecule has 0 aromatic carbocycles. The zero-order chi connectivity index (χ0) is 12.8. The van der Waals surface area contributed by atoms with Crippen LogP contribution in [-0.4, -0.2) is 42.6 Å². The van der Waals surface area contributed by atoms with Crippen molar-refractivity contribution in [3.63, 3.8) is 0 Å². The van der Waals surface area contributed by atoms with Crippen LogP contribution in [0, 0.1) is 0 Å². The van der Waals surface area contributed by atoms with Crippen LogP contribution in [0.15, 0.2) is 18.3 Å². The number of anilines is 2. The quantitative estimate of drug-likeness (QED) is 0.839. The Labute approximate surface area is 110 Å². The molecule has 0 aliphatic carbocycles. The predicted molar refractivity (Wildman–Crippen MR) is 77.2 cm³/mol. The average molecular weight is 248 g/mol. The number of hydrogen-bond acceptors (Lipinski definition) is 4. The molecule has 0 bridgehead atoms. The summed E-state index contributed by atoms with van der Waals surface area (Å²) in [7, 11) is 2.19. The van der Waals surface area contributed by atoms with Crippen molar-refractivity contribution in [2.75, 3.05) is 37.3 Å². The van der Waals surface area contributed by atoms with Gasteiger partial charge in [-0.2, -0.15) is 0 Å². The first-order valence-electron chi connectivity index (χ1n) is 6.93. The lowest BCUT2D eigenvalue weighted by molar-refractivity contribution is 0.261. The molecule has 2 N–H and O–H groups in total. The first-order chi connectivity index (χ1) is 8.78. The lowest BCUT2D eigenvalue weighted by Gasteiger charge is -2.30. The summed E-state index contributed by atoms with van der Waals surface area (Å²) in [5, 5.41) is 6.93. The Morgan fingerprint density at radius 2 is 2.39 bits per heavy atom. The number of likely N-dealkylation sites (tertiary alicyclic amines) is 1. The molecule has 1 aliphatic rings. The van der Waals surface area contributed by atoms with Crippen molar-refractivity contribution in [1.29, 1.82) is 0 Å². The van der Waals surface area contributed by atoms with Crippen molar-refractivity contribution in [3.05, 3.63) is 18.3 Å². The molecule has 4 heteroatoms. The molecule has 0 saturated carbocycles. The molecule has 1 aromatic heterocycles. The molecule has 1 fully saturated rings. The van der Waals surface area contributed by atoms with Gasteiger partial charge in [0.25, 0.3) is 0 Å². The van der Waals surface area contributed by atoms with Gasteiger partial charge in [-0.25, -0.2) is 4.98 Å². The predicted octanol–water partition coefficient (Wildman–Crippen LogP) is 2.41. The Bertz CT molecular complexity index is 367. The number of likely N-dealkylation sites (N-methyl/N-ethyl adjacent to an activating group) is 1. The van der Waals surface area contributed by atoms with Crippen LogP contribution in [0.25, 0.3) is 0 Å². The Hall–Kier alpha value is -1.29. The fraction of sp³-hybridized carbons (Fsp3) is 0.643. The van der Waals surface area contributed by atoms with Crippen LogP contribution >= 0.6 is 0 Å².